The van der Waals surface area contributed by atoms with Gasteiger partial charge in [-0.1, -0.05) is 333 Å². The fraction of sp³-hybridized carbons (Fsp3) is 0.890. The number of hydrogen-bond donors (Lipinski definition) is 3. The van der Waals surface area contributed by atoms with Crippen LogP contribution in [0.5, 0.6) is 0 Å². The molecule has 0 fully saturated rings. The molecule has 2 atom stereocenters. The third-order valence-corrected chi connectivity index (χ3v) is 16.6. The molecule has 3 N–H and O–H groups in total. The van der Waals surface area contributed by atoms with E-state index in [4.69, 9.17) is 4.74 Å². The Morgan fingerprint density at radius 2 is 0.595 bits per heavy atom. The summed E-state index contributed by atoms with van der Waals surface area (Å²) in [5.41, 5.74) is 0. The standard InChI is InChI=1S/C73H139NO5/c1-3-5-7-9-11-13-15-17-38-41-45-49-53-57-61-65-71(76)70(69-75)74-72(77)66-62-58-54-50-46-42-39-36-34-32-30-28-26-24-22-20-19-21-23-25-27-29-31-33-35-37-40-44-48-52-56-60-64-68-79-73(78)67-63-59-55-51-47-43-18-16-14-12-10-8-6-4-2/h16,18,23,25,61,65,70-71,75-76H,3-15,17,19-22,24,26-60,62-64,66-69H2,1-2H3,(H,74,77)/b18-16-,25-23-,65-61+. The first kappa shape index (κ1) is 77.1. The van der Waals surface area contributed by atoms with Crippen LogP contribution in [-0.4, -0.2) is 47.4 Å². The molecule has 0 saturated carbocycles. The van der Waals surface area contributed by atoms with Crippen LogP contribution in [-0.2, 0) is 14.3 Å². The zero-order valence-electron chi connectivity index (χ0n) is 53.4. The van der Waals surface area contributed by atoms with Crippen molar-refractivity contribution in [1.82, 2.24) is 5.32 Å². The first-order valence-corrected chi connectivity index (χ1v) is 35.8. The van der Waals surface area contributed by atoms with E-state index in [1.54, 1.807) is 6.08 Å². The molecule has 0 bridgehead atoms. The lowest BCUT2D eigenvalue weighted by atomic mass is 10.0. The lowest BCUT2D eigenvalue weighted by molar-refractivity contribution is -0.143. The van der Waals surface area contributed by atoms with E-state index in [0.29, 0.717) is 19.4 Å². The minimum Gasteiger partial charge on any atom is -0.466 e. The van der Waals surface area contributed by atoms with Gasteiger partial charge in [0.2, 0.25) is 5.91 Å². The number of nitrogens with one attached hydrogen (secondary N) is 1. The molecule has 6 heteroatoms. The molecule has 0 aliphatic heterocycles. The van der Waals surface area contributed by atoms with E-state index < -0.39 is 12.1 Å². The van der Waals surface area contributed by atoms with Crippen LogP contribution in [0.1, 0.15) is 393 Å². The number of amides is 1. The number of esters is 1. The van der Waals surface area contributed by atoms with Gasteiger partial charge >= 0.3 is 5.97 Å². The normalized spacial score (nSPS) is 12.7. The smallest absolute Gasteiger partial charge is 0.305 e. The van der Waals surface area contributed by atoms with Crippen LogP contribution in [0.25, 0.3) is 0 Å². The van der Waals surface area contributed by atoms with Crippen molar-refractivity contribution in [3.8, 4) is 0 Å². The van der Waals surface area contributed by atoms with Crippen LogP contribution in [0.15, 0.2) is 36.5 Å². The number of aliphatic hydroxyl groups excluding tert-OH is 2. The maximum Gasteiger partial charge on any atom is 0.305 e. The molecule has 0 aromatic heterocycles. The van der Waals surface area contributed by atoms with Gasteiger partial charge in [0.25, 0.3) is 0 Å². The molecule has 0 saturated heterocycles. The number of aliphatic hydroxyl groups is 2. The van der Waals surface area contributed by atoms with Gasteiger partial charge in [-0.05, 0) is 83.5 Å². The summed E-state index contributed by atoms with van der Waals surface area (Å²) in [6, 6.07) is -0.625. The number of allylic oxidation sites excluding steroid dienone is 5. The first-order valence-electron chi connectivity index (χ1n) is 35.8. The second kappa shape index (κ2) is 68.6. The number of carbonyl (C=O) groups is 2. The van der Waals surface area contributed by atoms with Crippen molar-refractivity contribution < 1.29 is 24.5 Å². The van der Waals surface area contributed by atoms with Gasteiger partial charge in [-0.25, -0.2) is 0 Å². The van der Waals surface area contributed by atoms with Crippen LogP contribution in [0, 0.1) is 0 Å². The number of hydrogen-bond acceptors (Lipinski definition) is 5. The van der Waals surface area contributed by atoms with Crippen molar-refractivity contribution in [2.45, 2.75) is 405 Å². The Balaban J connectivity index is 3.36. The predicted molar refractivity (Wildman–Crippen MR) is 347 cm³/mol. The molecule has 0 aromatic rings. The van der Waals surface area contributed by atoms with Crippen molar-refractivity contribution in [3.63, 3.8) is 0 Å². The van der Waals surface area contributed by atoms with E-state index in [-0.39, 0.29) is 18.5 Å². The molecule has 0 aliphatic rings. The van der Waals surface area contributed by atoms with Crippen LogP contribution in [0.3, 0.4) is 0 Å². The Hall–Kier alpha value is -1.92. The van der Waals surface area contributed by atoms with E-state index >= 15 is 0 Å². The second-order valence-corrected chi connectivity index (χ2v) is 24.6. The van der Waals surface area contributed by atoms with Crippen LogP contribution >= 0.6 is 0 Å². The molecule has 79 heavy (non-hydrogen) atoms. The highest BCUT2D eigenvalue weighted by atomic mass is 16.5. The minimum absolute atomic E-state index is 0.0102. The van der Waals surface area contributed by atoms with E-state index in [0.717, 1.165) is 44.9 Å². The van der Waals surface area contributed by atoms with Crippen molar-refractivity contribution in [3.05, 3.63) is 36.5 Å². The minimum atomic E-state index is -0.842. The van der Waals surface area contributed by atoms with Crippen LogP contribution < -0.4 is 5.32 Å². The molecule has 466 valence electrons. The summed E-state index contributed by atoms with van der Waals surface area (Å²) in [5, 5.41) is 23.2. The van der Waals surface area contributed by atoms with E-state index in [2.05, 4.69) is 43.5 Å². The van der Waals surface area contributed by atoms with Gasteiger partial charge < -0.3 is 20.3 Å². The molecule has 0 aliphatic carbocycles. The molecule has 0 aromatic carbocycles. The van der Waals surface area contributed by atoms with Gasteiger partial charge in [-0.15, -0.1) is 0 Å². The quantitative estimate of drug-likeness (QED) is 0.0320. The third-order valence-electron chi connectivity index (χ3n) is 16.6. The third kappa shape index (κ3) is 65.1. The molecule has 2 unspecified atom stereocenters. The molecule has 0 radical (unpaired) electrons. The first-order chi connectivity index (χ1) is 39.0. The number of rotatable bonds is 67. The van der Waals surface area contributed by atoms with Gasteiger partial charge in [0, 0.05) is 12.8 Å². The van der Waals surface area contributed by atoms with Crippen LogP contribution in [0.2, 0.25) is 0 Å². The Morgan fingerprint density at radius 3 is 0.899 bits per heavy atom. The summed E-state index contributed by atoms with van der Waals surface area (Å²) in [5.74, 6) is -0.0525. The van der Waals surface area contributed by atoms with E-state index in [1.165, 1.54) is 321 Å². The fourth-order valence-corrected chi connectivity index (χ4v) is 11.2. The average molecular weight is 1110 g/mol. The molecule has 1 amide bonds. The summed E-state index contributed by atoms with van der Waals surface area (Å²) >= 11 is 0. The SMILES string of the molecule is CCCCCCC/C=C\CCCCCCCC(=O)OCCCCCCCCCCCCCC/C=C\CCCCCCCCCCCCCCCCCCCC(=O)NC(CO)C(O)/C=C/CCCCCCCCCCCCCCC. The van der Waals surface area contributed by atoms with E-state index in [1.807, 2.05) is 6.08 Å². The van der Waals surface area contributed by atoms with Gasteiger partial charge in [-0.3, -0.25) is 9.59 Å². The Morgan fingerprint density at radius 1 is 0.342 bits per heavy atom. The monoisotopic (exact) mass is 1110 g/mol. The summed E-state index contributed by atoms with van der Waals surface area (Å²) in [7, 11) is 0. The van der Waals surface area contributed by atoms with Crippen LogP contribution in [0.4, 0.5) is 0 Å². The highest BCUT2D eigenvalue weighted by Crippen LogP contribution is 2.18. The van der Waals surface area contributed by atoms with Gasteiger partial charge in [0.15, 0.2) is 0 Å². The highest BCUT2D eigenvalue weighted by molar-refractivity contribution is 5.76. The molecule has 0 spiro atoms. The molecular formula is C73H139NO5. The van der Waals surface area contributed by atoms with Gasteiger partial charge in [-0.2, -0.15) is 0 Å². The predicted octanol–water partition coefficient (Wildman–Crippen LogP) is 23.1. The average Bonchev–Trinajstić information content (AvgIpc) is 3.45. The summed E-state index contributed by atoms with van der Waals surface area (Å²) < 4.78 is 5.49. The number of unbranched alkanes of at least 4 members (excludes halogenated alkanes) is 52. The van der Waals surface area contributed by atoms with Crippen molar-refractivity contribution in [2.24, 2.45) is 0 Å². The Labute approximate surface area is 494 Å². The van der Waals surface area contributed by atoms with Crippen molar-refractivity contribution in [1.29, 1.82) is 0 Å². The zero-order chi connectivity index (χ0) is 57.1. The number of carbonyl (C=O) groups excluding carboxylic acids is 2. The molecular weight excluding hydrogens is 971 g/mol. The summed E-state index contributed by atoms with van der Waals surface area (Å²) in [4.78, 5) is 24.5. The van der Waals surface area contributed by atoms with Gasteiger partial charge in [0.05, 0.1) is 25.4 Å². The zero-order valence-corrected chi connectivity index (χ0v) is 53.4. The lowest BCUT2D eigenvalue weighted by Crippen LogP contribution is -2.45. The molecule has 0 rings (SSSR count). The Bertz CT molecular complexity index is 1280. The number of ether oxygens (including phenoxy) is 1. The second-order valence-electron chi connectivity index (χ2n) is 24.6. The summed E-state index contributed by atoms with van der Waals surface area (Å²) in [6.07, 6.45) is 88.1. The van der Waals surface area contributed by atoms with E-state index in [9.17, 15) is 19.8 Å². The maximum atomic E-state index is 12.5. The van der Waals surface area contributed by atoms with Gasteiger partial charge in [0.1, 0.15) is 0 Å². The summed E-state index contributed by atoms with van der Waals surface area (Å²) in [6.45, 7) is 4.92. The van der Waals surface area contributed by atoms with Crippen molar-refractivity contribution >= 4 is 11.9 Å². The molecule has 0 heterocycles. The maximum absolute atomic E-state index is 12.5. The largest absolute Gasteiger partial charge is 0.466 e. The Kier molecular flexibility index (Phi) is 66.9. The lowest BCUT2D eigenvalue weighted by Gasteiger charge is -2.20. The van der Waals surface area contributed by atoms with Crippen molar-refractivity contribution in [2.75, 3.05) is 13.2 Å². The molecule has 6 nitrogen and oxygen atoms in total. The highest BCUT2D eigenvalue weighted by Gasteiger charge is 2.18. The fourth-order valence-electron chi connectivity index (χ4n) is 11.2. The topological polar surface area (TPSA) is 95.9 Å².